The summed E-state index contributed by atoms with van der Waals surface area (Å²) >= 11 is 0. The third kappa shape index (κ3) is 1.81. The van der Waals surface area contributed by atoms with E-state index in [2.05, 4.69) is 0 Å². The lowest BCUT2D eigenvalue weighted by atomic mass is 9.75. The number of Topliss-reactive ketones (excluding diaryl/α,β-unsaturated/α-hetero) is 2. The number of carbonyl (C=O) groups excluding carboxylic acids is 3. The Kier molecular flexibility index (Phi) is 2.69. The second-order valence-corrected chi connectivity index (χ2v) is 4.19. The maximum Gasteiger partial charge on any atom is 0.225 e. The highest BCUT2D eigenvalue weighted by Crippen LogP contribution is 2.32. The van der Waals surface area contributed by atoms with Gasteiger partial charge in [0.05, 0.1) is 6.42 Å². The zero-order chi connectivity index (χ0) is 10.9. The average Bonchev–Trinajstić information content (AvgIpc) is 2.11. The minimum absolute atomic E-state index is 0.258. The Morgan fingerprint density at radius 1 is 1.29 bits per heavy atom. The van der Waals surface area contributed by atoms with Crippen molar-refractivity contribution in [1.82, 2.24) is 0 Å². The van der Waals surface area contributed by atoms with Crippen molar-refractivity contribution in [3.63, 3.8) is 0 Å². The Labute approximate surface area is 83.2 Å². The van der Waals surface area contributed by atoms with E-state index in [0.717, 1.165) is 6.42 Å². The van der Waals surface area contributed by atoms with Crippen LogP contribution in [0.4, 0.5) is 0 Å². The predicted octanol–water partition coefficient (Wildman–Crippen LogP) is 1.46. The first-order chi connectivity index (χ1) is 6.38. The zero-order valence-corrected chi connectivity index (χ0v) is 8.72. The van der Waals surface area contributed by atoms with Gasteiger partial charge in [0.1, 0.15) is 0 Å². The van der Waals surface area contributed by atoms with Gasteiger partial charge in [-0.15, -0.1) is 0 Å². The van der Waals surface area contributed by atoms with Gasteiger partial charge in [0.2, 0.25) is 11.6 Å². The minimum atomic E-state index is -0.575. The Morgan fingerprint density at radius 3 is 2.36 bits per heavy atom. The molecule has 0 aromatic heterocycles. The van der Waals surface area contributed by atoms with Gasteiger partial charge in [-0.3, -0.25) is 14.4 Å². The summed E-state index contributed by atoms with van der Waals surface area (Å²) in [6.45, 7) is 5.66. The van der Waals surface area contributed by atoms with Crippen LogP contribution in [0.1, 0.15) is 33.6 Å². The first-order valence-corrected chi connectivity index (χ1v) is 4.71. The van der Waals surface area contributed by atoms with Crippen LogP contribution < -0.4 is 0 Å². The number of hydrogen-bond acceptors (Lipinski definition) is 3. The molecule has 0 radical (unpaired) electrons. The van der Waals surface area contributed by atoms with Crippen LogP contribution in [0.2, 0.25) is 0 Å². The molecular formula is C11H14O3. The molecule has 3 heteroatoms. The van der Waals surface area contributed by atoms with Crippen LogP contribution in [0.15, 0.2) is 11.6 Å². The lowest BCUT2D eigenvalue weighted by Crippen LogP contribution is -2.32. The molecule has 14 heavy (non-hydrogen) atoms. The molecule has 0 aromatic carbocycles. The molecule has 0 aliphatic heterocycles. The Morgan fingerprint density at radius 2 is 1.86 bits per heavy atom. The van der Waals surface area contributed by atoms with Gasteiger partial charge in [-0.25, -0.2) is 0 Å². The summed E-state index contributed by atoms with van der Waals surface area (Å²) in [5, 5.41) is 0. The molecule has 0 fully saturated rings. The fourth-order valence-electron chi connectivity index (χ4n) is 1.36. The van der Waals surface area contributed by atoms with E-state index >= 15 is 0 Å². The topological polar surface area (TPSA) is 51.2 Å². The summed E-state index contributed by atoms with van der Waals surface area (Å²) in [7, 11) is 0. The van der Waals surface area contributed by atoms with E-state index in [4.69, 9.17) is 0 Å². The second kappa shape index (κ2) is 3.48. The summed E-state index contributed by atoms with van der Waals surface area (Å²) in [5.41, 5.74) is -0.0238. The standard InChI is InChI=1S/C11H14O3/c1-4-11(2,3)8-5-7(12)6-9(13)10(8)14/h5H,4,6H2,1-3H3. The van der Waals surface area contributed by atoms with Gasteiger partial charge in [-0.2, -0.15) is 0 Å². The maximum absolute atomic E-state index is 11.5. The molecule has 76 valence electrons. The Balaban J connectivity index is 3.14. The lowest BCUT2D eigenvalue weighted by Gasteiger charge is -2.26. The Hall–Kier alpha value is -1.25. The van der Waals surface area contributed by atoms with Crippen molar-refractivity contribution in [3.8, 4) is 0 Å². The van der Waals surface area contributed by atoms with Crippen LogP contribution in [-0.2, 0) is 14.4 Å². The first-order valence-electron chi connectivity index (χ1n) is 4.71. The normalized spacial score (nSPS) is 18.5. The van der Waals surface area contributed by atoms with Gasteiger partial charge in [-0.05, 0) is 17.9 Å². The monoisotopic (exact) mass is 194 g/mol. The quantitative estimate of drug-likeness (QED) is 0.494. The third-order valence-corrected chi connectivity index (χ3v) is 2.75. The zero-order valence-electron chi connectivity index (χ0n) is 8.72. The highest BCUT2D eigenvalue weighted by molar-refractivity contribution is 6.49. The van der Waals surface area contributed by atoms with E-state index < -0.39 is 11.6 Å². The van der Waals surface area contributed by atoms with Crippen LogP contribution in [0.5, 0.6) is 0 Å². The minimum Gasteiger partial charge on any atom is -0.294 e. The van der Waals surface area contributed by atoms with E-state index in [1.807, 2.05) is 20.8 Å². The smallest absolute Gasteiger partial charge is 0.225 e. The number of hydrogen-bond donors (Lipinski definition) is 0. The van der Waals surface area contributed by atoms with E-state index in [1.165, 1.54) is 6.08 Å². The molecule has 1 aliphatic carbocycles. The SMILES string of the molecule is CCC(C)(C)C1=CC(=O)CC(=O)C1=O. The molecular weight excluding hydrogens is 180 g/mol. The second-order valence-electron chi connectivity index (χ2n) is 4.19. The van der Waals surface area contributed by atoms with Crippen LogP contribution in [0, 0.1) is 5.41 Å². The molecule has 0 atom stereocenters. The van der Waals surface area contributed by atoms with Crippen molar-refractivity contribution in [2.75, 3.05) is 0 Å². The average molecular weight is 194 g/mol. The van der Waals surface area contributed by atoms with Crippen molar-refractivity contribution in [1.29, 1.82) is 0 Å². The first kappa shape index (κ1) is 10.8. The van der Waals surface area contributed by atoms with Gasteiger partial charge in [-0.1, -0.05) is 20.8 Å². The van der Waals surface area contributed by atoms with E-state index in [9.17, 15) is 14.4 Å². The highest BCUT2D eigenvalue weighted by atomic mass is 16.2. The van der Waals surface area contributed by atoms with Crippen molar-refractivity contribution in [2.24, 2.45) is 5.41 Å². The molecule has 1 aliphatic rings. The molecule has 0 heterocycles. The van der Waals surface area contributed by atoms with Gasteiger partial charge in [0.15, 0.2) is 5.78 Å². The van der Waals surface area contributed by atoms with E-state index in [0.29, 0.717) is 5.57 Å². The molecule has 0 spiro atoms. The molecule has 1 rings (SSSR count). The van der Waals surface area contributed by atoms with Gasteiger partial charge in [0.25, 0.3) is 0 Å². The van der Waals surface area contributed by atoms with E-state index in [1.54, 1.807) is 0 Å². The summed E-state index contributed by atoms with van der Waals surface area (Å²) in [6.07, 6.45) is 1.79. The van der Waals surface area contributed by atoms with Crippen molar-refractivity contribution < 1.29 is 14.4 Å². The molecule has 0 amide bonds. The highest BCUT2D eigenvalue weighted by Gasteiger charge is 2.35. The summed E-state index contributed by atoms with van der Waals surface area (Å²) in [4.78, 5) is 33.8. The maximum atomic E-state index is 11.5. The van der Waals surface area contributed by atoms with Crippen LogP contribution in [0.25, 0.3) is 0 Å². The number of rotatable bonds is 2. The summed E-state index contributed by atoms with van der Waals surface area (Å²) in [6, 6.07) is 0. The molecule has 3 nitrogen and oxygen atoms in total. The molecule has 0 N–H and O–H groups in total. The number of ketones is 3. The van der Waals surface area contributed by atoms with Crippen molar-refractivity contribution in [3.05, 3.63) is 11.6 Å². The largest absolute Gasteiger partial charge is 0.294 e. The van der Waals surface area contributed by atoms with E-state index in [-0.39, 0.29) is 17.6 Å². The molecule has 0 aromatic rings. The fraction of sp³-hybridized carbons (Fsp3) is 0.545. The van der Waals surface area contributed by atoms with Gasteiger partial charge < -0.3 is 0 Å². The molecule has 0 saturated carbocycles. The van der Waals surface area contributed by atoms with Crippen molar-refractivity contribution in [2.45, 2.75) is 33.6 Å². The van der Waals surface area contributed by atoms with Gasteiger partial charge >= 0.3 is 0 Å². The van der Waals surface area contributed by atoms with Crippen LogP contribution in [-0.4, -0.2) is 17.3 Å². The van der Waals surface area contributed by atoms with Crippen LogP contribution in [0.3, 0.4) is 0 Å². The lowest BCUT2D eigenvalue weighted by molar-refractivity contribution is -0.137. The molecule has 0 unspecified atom stereocenters. The van der Waals surface area contributed by atoms with Crippen LogP contribution >= 0.6 is 0 Å². The predicted molar refractivity (Wildman–Crippen MR) is 51.8 cm³/mol. The number of allylic oxidation sites excluding steroid dienone is 2. The molecule has 0 bridgehead atoms. The summed E-state index contributed by atoms with van der Waals surface area (Å²) in [5.74, 6) is -1.32. The number of carbonyl (C=O) groups is 3. The van der Waals surface area contributed by atoms with Gasteiger partial charge in [0, 0.05) is 5.57 Å². The summed E-state index contributed by atoms with van der Waals surface area (Å²) < 4.78 is 0. The fourth-order valence-corrected chi connectivity index (χ4v) is 1.36. The third-order valence-electron chi connectivity index (χ3n) is 2.75. The van der Waals surface area contributed by atoms with Crippen molar-refractivity contribution >= 4 is 17.3 Å². The molecule has 0 saturated heterocycles. The Bertz CT molecular complexity index is 334.